The topological polar surface area (TPSA) is 95.9 Å². The number of nitrogens with one attached hydrogen (secondary N) is 1. The minimum Gasteiger partial charge on any atom is -0.466 e. The van der Waals surface area contributed by atoms with Gasteiger partial charge >= 0.3 is 5.97 Å². The van der Waals surface area contributed by atoms with Gasteiger partial charge in [-0.3, -0.25) is 9.59 Å². The van der Waals surface area contributed by atoms with E-state index in [-0.39, 0.29) is 18.5 Å². The summed E-state index contributed by atoms with van der Waals surface area (Å²) in [7, 11) is 0. The van der Waals surface area contributed by atoms with Gasteiger partial charge in [0.15, 0.2) is 0 Å². The van der Waals surface area contributed by atoms with Crippen molar-refractivity contribution in [2.24, 2.45) is 0 Å². The van der Waals surface area contributed by atoms with Gasteiger partial charge in [0.1, 0.15) is 0 Å². The summed E-state index contributed by atoms with van der Waals surface area (Å²) in [6, 6.07) is -0.629. The molecule has 0 spiro atoms. The quantitative estimate of drug-likeness (QED) is 0.0325. The van der Waals surface area contributed by atoms with Gasteiger partial charge in [0.25, 0.3) is 0 Å². The van der Waals surface area contributed by atoms with Gasteiger partial charge in [-0.25, -0.2) is 0 Å². The molecule has 2 atom stereocenters. The van der Waals surface area contributed by atoms with E-state index >= 15 is 0 Å². The third-order valence-electron chi connectivity index (χ3n) is 11.3. The molecule has 55 heavy (non-hydrogen) atoms. The predicted molar refractivity (Wildman–Crippen MR) is 237 cm³/mol. The number of carbonyl (C=O) groups excluding carboxylic acids is 2. The van der Waals surface area contributed by atoms with Crippen LogP contribution in [0, 0.1) is 0 Å². The van der Waals surface area contributed by atoms with Crippen molar-refractivity contribution in [3.8, 4) is 0 Å². The fraction of sp³-hybridized carbons (Fsp3) is 0.918. The molecule has 0 aliphatic carbocycles. The van der Waals surface area contributed by atoms with Crippen LogP contribution in [0.25, 0.3) is 0 Å². The van der Waals surface area contributed by atoms with Crippen LogP contribution in [0.15, 0.2) is 12.2 Å². The molecule has 0 saturated heterocycles. The Labute approximate surface area is 342 Å². The van der Waals surface area contributed by atoms with Crippen molar-refractivity contribution in [3.05, 3.63) is 12.2 Å². The third-order valence-corrected chi connectivity index (χ3v) is 11.3. The maximum absolute atomic E-state index is 12.3. The van der Waals surface area contributed by atoms with E-state index in [0.717, 1.165) is 44.9 Å². The van der Waals surface area contributed by atoms with Crippen LogP contribution in [0.4, 0.5) is 0 Å². The number of hydrogen-bond acceptors (Lipinski definition) is 5. The van der Waals surface area contributed by atoms with Gasteiger partial charge in [-0.05, 0) is 32.1 Å². The molecule has 6 nitrogen and oxygen atoms in total. The molecule has 0 radical (unpaired) electrons. The lowest BCUT2D eigenvalue weighted by atomic mass is 10.0. The molecular formula is C49H95NO5. The molecule has 6 heteroatoms. The largest absolute Gasteiger partial charge is 0.466 e. The van der Waals surface area contributed by atoms with Crippen LogP contribution >= 0.6 is 0 Å². The second kappa shape index (κ2) is 45.3. The number of amides is 1. The normalized spacial score (nSPS) is 12.7. The smallest absolute Gasteiger partial charge is 0.305 e. The molecule has 0 fully saturated rings. The van der Waals surface area contributed by atoms with Crippen molar-refractivity contribution in [2.75, 3.05) is 13.2 Å². The highest BCUT2D eigenvalue weighted by Crippen LogP contribution is 2.16. The average Bonchev–Trinajstić information content (AvgIpc) is 3.18. The number of carbonyl (C=O) groups is 2. The summed E-state index contributed by atoms with van der Waals surface area (Å²) in [5.74, 6) is -0.0740. The van der Waals surface area contributed by atoms with Crippen molar-refractivity contribution in [1.82, 2.24) is 5.32 Å². The summed E-state index contributed by atoms with van der Waals surface area (Å²) in [5, 5.41) is 22.9. The number of hydrogen-bond donors (Lipinski definition) is 3. The number of allylic oxidation sites excluding steroid dienone is 1. The average molecular weight is 778 g/mol. The Hall–Kier alpha value is -1.40. The summed E-state index contributed by atoms with van der Waals surface area (Å²) in [4.78, 5) is 24.3. The number of unbranched alkanes of at least 4 members (excludes halogenated alkanes) is 34. The number of rotatable bonds is 45. The van der Waals surface area contributed by atoms with E-state index in [0.29, 0.717) is 19.4 Å². The van der Waals surface area contributed by atoms with Gasteiger partial charge in [0, 0.05) is 12.8 Å². The Balaban J connectivity index is 3.41. The lowest BCUT2D eigenvalue weighted by molar-refractivity contribution is -0.143. The molecule has 0 aromatic heterocycles. The lowest BCUT2D eigenvalue weighted by Gasteiger charge is -2.20. The van der Waals surface area contributed by atoms with Crippen LogP contribution in [-0.2, 0) is 14.3 Å². The summed E-state index contributed by atoms with van der Waals surface area (Å²) >= 11 is 0. The SMILES string of the molecule is CCCCCCCCC/C=C/C(O)C(CO)NC(=O)CCCCCCCCCCCCCCCCCCOC(=O)CCCCCCCCCCCCCCC. The summed E-state index contributed by atoms with van der Waals surface area (Å²) in [5.41, 5.74) is 0. The van der Waals surface area contributed by atoms with E-state index < -0.39 is 12.1 Å². The number of aliphatic hydroxyl groups excluding tert-OH is 2. The van der Waals surface area contributed by atoms with Crippen LogP contribution < -0.4 is 5.32 Å². The van der Waals surface area contributed by atoms with Crippen molar-refractivity contribution >= 4 is 11.9 Å². The second-order valence-corrected chi connectivity index (χ2v) is 16.8. The van der Waals surface area contributed by atoms with Crippen molar-refractivity contribution in [3.63, 3.8) is 0 Å². The van der Waals surface area contributed by atoms with E-state index in [4.69, 9.17) is 4.74 Å². The minimum atomic E-state index is -0.845. The zero-order chi connectivity index (χ0) is 40.1. The first kappa shape index (κ1) is 53.6. The minimum absolute atomic E-state index is 0.00318. The third kappa shape index (κ3) is 42.0. The van der Waals surface area contributed by atoms with Crippen molar-refractivity contribution in [2.45, 2.75) is 276 Å². The Morgan fingerprint density at radius 2 is 0.836 bits per heavy atom. The zero-order valence-electron chi connectivity index (χ0n) is 36.9. The summed E-state index contributed by atoms with van der Waals surface area (Å²) < 4.78 is 5.46. The maximum Gasteiger partial charge on any atom is 0.305 e. The first-order valence-electron chi connectivity index (χ1n) is 24.5. The molecule has 0 saturated carbocycles. The molecule has 0 aromatic carbocycles. The first-order valence-corrected chi connectivity index (χ1v) is 24.5. The molecule has 0 heterocycles. The molecule has 2 unspecified atom stereocenters. The molecule has 0 rings (SSSR count). The Bertz CT molecular complexity index is 817. The number of ether oxygens (including phenoxy) is 1. The molecule has 0 aliphatic rings. The van der Waals surface area contributed by atoms with Gasteiger partial charge in [0.05, 0.1) is 25.4 Å². The first-order chi connectivity index (χ1) is 27.0. The Kier molecular flexibility index (Phi) is 44.2. The fourth-order valence-electron chi connectivity index (χ4n) is 7.51. The summed E-state index contributed by atoms with van der Waals surface area (Å²) in [6.07, 6.45) is 50.7. The van der Waals surface area contributed by atoms with Crippen molar-refractivity contribution < 1.29 is 24.5 Å². The monoisotopic (exact) mass is 778 g/mol. The maximum atomic E-state index is 12.3. The van der Waals surface area contributed by atoms with Crippen LogP contribution in [0.1, 0.15) is 264 Å². The van der Waals surface area contributed by atoms with Gasteiger partial charge in [0.2, 0.25) is 5.91 Å². The molecule has 0 bridgehead atoms. The van der Waals surface area contributed by atoms with E-state index in [9.17, 15) is 19.8 Å². The Morgan fingerprint density at radius 1 is 0.491 bits per heavy atom. The van der Waals surface area contributed by atoms with Gasteiger partial charge in [-0.2, -0.15) is 0 Å². The van der Waals surface area contributed by atoms with Crippen LogP contribution in [-0.4, -0.2) is 47.4 Å². The van der Waals surface area contributed by atoms with E-state index in [2.05, 4.69) is 19.2 Å². The molecule has 326 valence electrons. The van der Waals surface area contributed by atoms with E-state index in [1.165, 1.54) is 193 Å². The molecule has 0 aliphatic heterocycles. The lowest BCUT2D eigenvalue weighted by Crippen LogP contribution is -2.45. The molecule has 0 aromatic rings. The molecule has 1 amide bonds. The fourth-order valence-corrected chi connectivity index (χ4v) is 7.51. The zero-order valence-corrected chi connectivity index (χ0v) is 36.9. The van der Waals surface area contributed by atoms with Crippen molar-refractivity contribution in [1.29, 1.82) is 0 Å². The molecule has 3 N–H and O–H groups in total. The number of aliphatic hydroxyl groups is 2. The van der Waals surface area contributed by atoms with E-state index in [1.54, 1.807) is 6.08 Å². The standard InChI is InChI=1S/C49H95NO5/c1-3-5-7-9-11-13-14-19-23-27-31-35-39-43-49(54)55-44-40-36-32-28-24-21-18-16-15-17-20-22-26-30-34-38-42-48(53)50-46(45-51)47(52)41-37-33-29-25-12-10-8-6-4-2/h37,41,46-47,51-52H,3-36,38-40,42-45H2,1-2H3,(H,50,53)/b41-37+. The molecular weight excluding hydrogens is 683 g/mol. The highest BCUT2D eigenvalue weighted by atomic mass is 16.5. The highest BCUT2D eigenvalue weighted by Gasteiger charge is 2.18. The number of esters is 1. The van der Waals surface area contributed by atoms with Gasteiger partial charge in [-0.1, -0.05) is 231 Å². The van der Waals surface area contributed by atoms with E-state index in [1.807, 2.05) is 6.08 Å². The van der Waals surface area contributed by atoms with Gasteiger partial charge < -0.3 is 20.3 Å². The van der Waals surface area contributed by atoms with Crippen LogP contribution in [0.3, 0.4) is 0 Å². The summed E-state index contributed by atoms with van der Waals surface area (Å²) in [6.45, 7) is 4.86. The van der Waals surface area contributed by atoms with Crippen LogP contribution in [0.2, 0.25) is 0 Å². The second-order valence-electron chi connectivity index (χ2n) is 16.8. The van der Waals surface area contributed by atoms with Gasteiger partial charge in [-0.15, -0.1) is 0 Å². The predicted octanol–water partition coefficient (Wildman–Crippen LogP) is 14.2. The highest BCUT2D eigenvalue weighted by molar-refractivity contribution is 5.76. The Morgan fingerprint density at radius 3 is 1.24 bits per heavy atom. The van der Waals surface area contributed by atoms with Crippen LogP contribution in [0.5, 0.6) is 0 Å².